The summed E-state index contributed by atoms with van der Waals surface area (Å²) in [7, 11) is 1.77. The Labute approximate surface area is 124 Å². The molecule has 0 aromatic carbocycles. The first-order valence-corrected chi connectivity index (χ1v) is 6.89. The summed E-state index contributed by atoms with van der Waals surface area (Å²) in [6.07, 6.45) is -2.88. The van der Waals surface area contributed by atoms with E-state index in [2.05, 4.69) is 10.2 Å². The number of likely N-dealkylation sites (tertiary alicyclic amines) is 1. The average Bonchev–Trinajstić information content (AvgIpc) is 2.76. The van der Waals surface area contributed by atoms with Gasteiger partial charge < -0.3 is 14.8 Å². The van der Waals surface area contributed by atoms with E-state index in [4.69, 9.17) is 12.2 Å². The number of alkyl halides is 3. The van der Waals surface area contributed by atoms with Crippen molar-refractivity contribution < 1.29 is 18.0 Å². The number of carbonyl (C=O) groups is 1. The lowest BCUT2D eigenvalue weighted by Gasteiger charge is -2.32. The van der Waals surface area contributed by atoms with Gasteiger partial charge >= 0.3 is 12.2 Å². The lowest BCUT2D eigenvalue weighted by Crippen LogP contribution is -2.47. The molecule has 2 N–H and O–H groups in total. The maximum Gasteiger partial charge on any atom is 0.405 e. The highest BCUT2D eigenvalue weighted by Gasteiger charge is 2.31. The molecule has 10 heteroatoms. The van der Waals surface area contributed by atoms with Gasteiger partial charge in [-0.05, 0) is 25.1 Å². The Morgan fingerprint density at radius 3 is 2.86 bits per heavy atom. The number of halogens is 3. The molecule has 21 heavy (non-hydrogen) atoms. The Balaban J connectivity index is 1.99. The second-order valence-electron chi connectivity index (χ2n) is 5.01. The Morgan fingerprint density at radius 1 is 1.57 bits per heavy atom. The van der Waals surface area contributed by atoms with Crippen LogP contribution in [-0.4, -0.2) is 51.5 Å². The van der Waals surface area contributed by atoms with Crippen LogP contribution < -0.4 is 5.32 Å². The quantitative estimate of drug-likeness (QED) is 0.817. The van der Waals surface area contributed by atoms with Crippen molar-refractivity contribution >= 4 is 18.2 Å². The van der Waals surface area contributed by atoms with Crippen molar-refractivity contribution in [2.75, 3.05) is 19.6 Å². The monoisotopic (exact) mass is 323 g/mol. The molecule has 2 heterocycles. The van der Waals surface area contributed by atoms with Gasteiger partial charge in [-0.2, -0.15) is 18.3 Å². The predicted octanol–water partition coefficient (Wildman–Crippen LogP) is 1.93. The summed E-state index contributed by atoms with van der Waals surface area (Å²) < 4.78 is 38.5. The van der Waals surface area contributed by atoms with Crippen LogP contribution in [0.15, 0.2) is 0 Å². The first-order valence-electron chi connectivity index (χ1n) is 6.49. The number of amides is 2. The molecule has 1 aromatic rings. The molecule has 1 atom stereocenters. The zero-order valence-corrected chi connectivity index (χ0v) is 12.2. The number of hydrogen-bond acceptors (Lipinski definition) is 3. The van der Waals surface area contributed by atoms with Crippen LogP contribution in [0.2, 0.25) is 0 Å². The highest BCUT2D eigenvalue weighted by atomic mass is 32.1. The molecule has 0 spiro atoms. The molecule has 0 saturated carbocycles. The van der Waals surface area contributed by atoms with E-state index in [0.29, 0.717) is 30.1 Å². The number of nitrogens with zero attached hydrogens (tertiary/aromatic N) is 3. The van der Waals surface area contributed by atoms with Crippen LogP contribution in [0.25, 0.3) is 0 Å². The van der Waals surface area contributed by atoms with E-state index in [9.17, 15) is 18.0 Å². The molecule has 2 amide bonds. The van der Waals surface area contributed by atoms with E-state index in [0.717, 1.165) is 6.42 Å². The van der Waals surface area contributed by atoms with Gasteiger partial charge in [0.2, 0.25) is 0 Å². The second-order valence-corrected chi connectivity index (χ2v) is 5.39. The maximum absolute atomic E-state index is 12.1. The summed E-state index contributed by atoms with van der Waals surface area (Å²) in [6, 6.07) is -0.700. The van der Waals surface area contributed by atoms with Crippen molar-refractivity contribution in [3.8, 4) is 0 Å². The van der Waals surface area contributed by atoms with E-state index in [1.807, 2.05) is 5.32 Å². The van der Waals surface area contributed by atoms with E-state index >= 15 is 0 Å². The van der Waals surface area contributed by atoms with Gasteiger partial charge in [0.25, 0.3) is 0 Å². The minimum absolute atomic E-state index is 0.0339. The molecule has 0 aliphatic carbocycles. The van der Waals surface area contributed by atoms with Gasteiger partial charge in [-0.25, -0.2) is 4.79 Å². The normalized spacial score (nSPS) is 19.6. The van der Waals surface area contributed by atoms with Crippen LogP contribution in [-0.2, 0) is 7.05 Å². The molecule has 2 rings (SSSR count). The predicted molar refractivity (Wildman–Crippen MR) is 71.4 cm³/mol. The molecule has 0 unspecified atom stereocenters. The molecule has 1 aliphatic rings. The molecule has 118 valence electrons. The SMILES string of the molecule is Cn1c([C@H]2CCCN(C(=O)NCC(F)(F)F)C2)n[nH]c1=S. The Kier molecular flexibility index (Phi) is 4.55. The molecular formula is C11H16F3N5OS. The molecule has 6 nitrogen and oxygen atoms in total. The number of H-pyrrole nitrogens is 1. The van der Waals surface area contributed by atoms with Crippen molar-refractivity contribution in [1.82, 2.24) is 25.0 Å². The van der Waals surface area contributed by atoms with Gasteiger partial charge in [-0.1, -0.05) is 0 Å². The van der Waals surface area contributed by atoms with Gasteiger partial charge in [0, 0.05) is 26.1 Å². The summed E-state index contributed by atoms with van der Waals surface area (Å²) >= 11 is 5.03. The largest absolute Gasteiger partial charge is 0.405 e. The molecule has 0 bridgehead atoms. The first kappa shape index (κ1) is 15.8. The van der Waals surface area contributed by atoms with E-state index in [1.54, 1.807) is 11.6 Å². The van der Waals surface area contributed by atoms with Crippen molar-refractivity contribution in [2.24, 2.45) is 7.05 Å². The van der Waals surface area contributed by atoms with Crippen molar-refractivity contribution in [2.45, 2.75) is 24.9 Å². The van der Waals surface area contributed by atoms with Gasteiger partial charge in [0.05, 0.1) is 0 Å². The minimum atomic E-state index is -4.41. The van der Waals surface area contributed by atoms with E-state index in [-0.39, 0.29) is 5.92 Å². The fraction of sp³-hybridized carbons (Fsp3) is 0.727. The summed E-state index contributed by atoms with van der Waals surface area (Å²) in [4.78, 5) is 13.2. The number of urea groups is 1. The van der Waals surface area contributed by atoms with E-state index in [1.165, 1.54) is 4.90 Å². The fourth-order valence-corrected chi connectivity index (χ4v) is 2.52. The van der Waals surface area contributed by atoms with Gasteiger partial charge in [0.15, 0.2) is 4.77 Å². The number of rotatable bonds is 2. The molecule has 1 aliphatic heterocycles. The average molecular weight is 323 g/mol. The number of aromatic nitrogens is 3. The van der Waals surface area contributed by atoms with Crippen LogP contribution in [0.4, 0.5) is 18.0 Å². The zero-order valence-electron chi connectivity index (χ0n) is 11.4. The highest BCUT2D eigenvalue weighted by Crippen LogP contribution is 2.25. The second kappa shape index (κ2) is 6.04. The number of aromatic amines is 1. The topological polar surface area (TPSA) is 66.0 Å². The van der Waals surface area contributed by atoms with Crippen molar-refractivity contribution in [3.63, 3.8) is 0 Å². The molecule has 1 aromatic heterocycles. The molecule has 1 fully saturated rings. The Morgan fingerprint density at radius 2 is 2.29 bits per heavy atom. The first-order chi connectivity index (χ1) is 9.78. The third-order valence-corrected chi connectivity index (χ3v) is 3.79. The third kappa shape index (κ3) is 3.96. The molecule has 1 saturated heterocycles. The van der Waals surface area contributed by atoms with Crippen molar-refractivity contribution in [3.05, 3.63) is 10.6 Å². The van der Waals surface area contributed by atoms with Crippen LogP contribution in [0, 0.1) is 4.77 Å². The number of nitrogens with one attached hydrogen (secondary N) is 2. The van der Waals surface area contributed by atoms with Gasteiger partial charge in [0.1, 0.15) is 12.4 Å². The molecule has 0 radical (unpaired) electrons. The Hall–Kier alpha value is -1.58. The lowest BCUT2D eigenvalue weighted by molar-refractivity contribution is -0.123. The summed E-state index contributed by atoms with van der Waals surface area (Å²) in [5, 5.41) is 8.69. The van der Waals surface area contributed by atoms with Crippen molar-refractivity contribution in [1.29, 1.82) is 0 Å². The third-order valence-electron chi connectivity index (χ3n) is 3.43. The van der Waals surface area contributed by atoms with Gasteiger partial charge in [-0.3, -0.25) is 5.10 Å². The minimum Gasteiger partial charge on any atom is -0.329 e. The Bertz CT molecular complexity index is 567. The smallest absolute Gasteiger partial charge is 0.329 e. The van der Waals surface area contributed by atoms with E-state index < -0.39 is 18.8 Å². The fourth-order valence-electron chi connectivity index (χ4n) is 2.38. The van der Waals surface area contributed by atoms with Gasteiger partial charge in [-0.15, -0.1) is 0 Å². The number of carbonyl (C=O) groups excluding carboxylic acids is 1. The standard InChI is InChI=1S/C11H16F3N5OS/c1-18-8(16-17-10(18)21)7-3-2-4-19(5-7)9(20)15-6-11(12,13)14/h7H,2-6H2,1H3,(H,15,20)(H,17,21)/t7-/m0/s1. The summed E-state index contributed by atoms with van der Waals surface area (Å²) in [6.45, 7) is -0.550. The van der Waals surface area contributed by atoms with Crippen LogP contribution in [0.3, 0.4) is 0 Å². The summed E-state index contributed by atoms with van der Waals surface area (Å²) in [5.41, 5.74) is 0. The maximum atomic E-state index is 12.1. The number of hydrogen-bond donors (Lipinski definition) is 2. The highest BCUT2D eigenvalue weighted by molar-refractivity contribution is 7.71. The summed E-state index contributed by atoms with van der Waals surface area (Å²) in [5.74, 6) is 0.682. The molecular weight excluding hydrogens is 307 g/mol. The number of piperidine rings is 1. The van der Waals surface area contributed by atoms with Crippen LogP contribution >= 0.6 is 12.2 Å². The van der Waals surface area contributed by atoms with Crippen LogP contribution in [0.5, 0.6) is 0 Å². The van der Waals surface area contributed by atoms with Crippen LogP contribution in [0.1, 0.15) is 24.6 Å². The lowest BCUT2D eigenvalue weighted by atomic mass is 9.97. The zero-order chi connectivity index (χ0) is 15.6.